The Morgan fingerprint density at radius 2 is 1.10 bits per heavy atom. The highest BCUT2D eigenvalue weighted by Gasteiger charge is 2.23. The summed E-state index contributed by atoms with van der Waals surface area (Å²) in [7, 11) is -1.84. The minimum Gasteiger partial charge on any atom is -0.396 e. The molecule has 0 aliphatic carbocycles. The van der Waals surface area contributed by atoms with Crippen LogP contribution in [-0.2, 0) is 8.85 Å². The third-order valence-electron chi connectivity index (χ3n) is 1.18. The summed E-state index contributed by atoms with van der Waals surface area (Å²) in [5.74, 6) is 2.07. The molecule has 0 aromatic carbocycles. The fraction of sp³-hybridized carbons (Fsp3) is 1.00. The van der Waals surface area contributed by atoms with Gasteiger partial charge in [0.05, 0.1) is 6.61 Å². The summed E-state index contributed by atoms with van der Waals surface area (Å²) in [6.45, 7) is 7.64. The molecular weight excluding hydrogens is 391 g/mol. The summed E-state index contributed by atoms with van der Waals surface area (Å²) in [6, 6.07) is 0. The molecule has 0 unspecified atom stereocenters. The minimum absolute atomic E-state index is 0.184. The Bertz CT molecular complexity index is 181. The molecule has 3 nitrogen and oxygen atoms in total. The van der Waals surface area contributed by atoms with E-state index in [1.807, 2.05) is 26.2 Å². The summed E-state index contributed by atoms with van der Waals surface area (Å²) in [5.41, 5.74) is 0. The first-order chi connectivity index (χ1) is 9.04. The second-order valence-electron chi connectivity index (χ2n) is 4.32. The Morgan fingerprint density at radius 1 is 0.850 bits per heavy atom. The van der Waals surface area contributed by atoms with Gasteiger partial charge in [-0.15, -0.1) is 22.2 Å². The van der Waals surface area contributed by atoms with E-state index in [2.05, 4.69) is 37.9 Å². The molecule has 20 heavy (non-hydrogen) atoms. The first-order valence-corrected chi connectivity index (χ1v) is 15.9. The van der Waals surface area contributed by atoms with Crippen molar-refractivity contribution in [1.82, 2.24) is 0 Å². The number of hydrogen-bond donors (Lipinski definition) is 4. The van der Waals surface area contributed by atoms with Crippen LogP contribution < -0.4 is 0 Å². The summed E-state index contributed by atoms with van der Waals surface area (Å²) in [4.78, 5) is 0. The van der Waals surface area contributed by atoms with Crippen LogP contribution in [0.4, 0.5) is 0 Å². The number of hydrogen-bond acceptors (Lipinski definition) is 6. The Balaban J connectivity index is -0.000000266. The Labute approximate surface area is 152 Å². The van der Waals surface area contributed by atoms with Gasteiger partial charge in [0, 0.05) is 30.5 Å². The highest BCUT2D eigenvalue weighted by atomic mass is 35.7. The molecule has 0 aliphatic rings. The van der Waals surface area contributed by atoms with E-state index in [0.717, 1.165) is 11.5 Å². The molecule has 0 radical (unpaired) electrons. The molecule has 0 aromatic heterocycles. The topological polar surface area (TPSA) is 38.7 Å². The Morgan fingerprint density at radius 3 is 1.25 bits per heavy atom. The van der Waals surface area contributed by atoms with E-state index >= 15 is 0 Å². The van der Waals surface area contributed by atoms with Crippen molar-refractivity contribution in [2.45, 2.75) is 26.2 Å². The van der Waals surface area contributed by atoms with E-state index in [1.165, 1.54) is 0 Å². The zero-order chi connectivity index (χ0) is 16.7. The molecule has 0 aliphatic heterocycles. The van der Waals surface area contributed by atoms with Gasteiger partial charge in [0.1, 0.15) is 0 Å². The van der Waals surface area contributed by atoms with Gasteiger partial charge in [0.15, 0.2) is 0 Å². The molecule has 0 aromatic rings. The van der Waals surface area contributed by atoms with Gasteiger partial charge < -0.3 is 14.0 Å². The SMILES string of the molecule is C[Si](C)(Cl)Cl.C[Si](C)(OCCS)OCCS.OCCS. The van der Waals surface area contributed by atoms with Crippen molar-refractivity contribution in [3.05, 3.63) is 0 Å². The predicted molar refractivity (Wildman–Crippen MR) is 107 cm³/mol. The zero-order valence-corrected chi connectivity index (χ0v) is 18.8. The van der Waals surface area contributed by atoms with E-state index in [9.17, 15) is 0 Å². The average molecular weight is 420 g/mol. The van der Waals surface area contributed by atoms with E-state index in [1.54, 1.807) is 0 Å². The van der Waals surface area contributed by atoms with E-state index in [0.29, 0.717) is 19.0 Å². The maximum Gasteiger partial charge on any atom is 0.331 e. The lowest BCUT2D eigenvalue weighted by atomic mass is 10.9. The lowest BCUT2D eigenvalue weighted by Gasteiger charge is -2.21. The van der Waals surface area contributed by atoms with Crippen molar-refractivity contribution in [3.63, 3.8) is 0 Å². The molecule has 1 N–H and O–H groups in total. The molecule has 0 rings (SSSR count). The van der Waals surface area contributed by atoms with Crippen LogP contribution in [0.5, 0.6) is 0 Å². The number of aliphatic hydroxyl groups is 1. The maximum atomic E-state index is 7.80. The van der Waals surface area contributed by atoms with Gasteiger partial charge in [-0.3, -0.25) is 0 Å². The second kappa shape index (κ2) is 17.3. The Hall–Kier alpha value is 1.94. The van der Waals surface area contributed by atoms with Crippen molar-refractivity contribution in [3.8, 4) is 0 Å². The molecule has 10 heteroatoms. The molecule has 126 valence electrons. The summed E-state index contributed by atoms with van der Waals surface area (Å²) < 4.78 is 11.0. The molecule has 0 spiro atoms. The van der Waals surface area contributed by atoms with Crippen molar-refractivity contribution in [1.29, 1.82) is 0 Å². The van der Waals surface area contributed by atoms with Crippen LogP contribution in [0.1, 0.15) is 0 Å². The quantitative estimate of drug-likeness (QED) is 0.289. The molecule has 0 heterocycles. The molecule has 0 fully saturated rings. The maximum absolute atomic E-state index is 7.80. The fourth-order valence-corrected chi connectivity index (χ4v) is 2.42. The zero-order valence-electron chi connectivity index (χ0n) is 12.6. The standard InChI is InChI=1S/C6H16O2S2Si.C2H6Cl2Si.C2H6OS/c1-11(2,7-3-5-9)8-4-6-10;1-5(2,3)4;3-1-2-4/h9-10H,3-6H2,1-2H3;1-2H3;3-4H,1-2H2. The van der Waals surface area contributed by atoms with Gasteiger partial charge >= 0.3 is 8.56 Å². The van der Waals surface area contributed by atoms with Crippen molar-refractivity contribution in [2.24, 2.45) is 0 Å². The van der Waals surface area contributed by atoms with E-state index in [-0.39, 0.29) is 6.61 Å². The van der Waals surface area contributed by atoms with Gasteiger partial charge in [0.2, 0.25) is 6.69 Å². The largest absolute Gasteiger partial charge is 0.396 e. The van der Waals surface area contributed by atoms with Gasteiger partial charge in [-0.05, 0) is 26.2 Å². The van der Waals surface area contributed by atoms with Gasteiger partial charge in [-0.25, -0.2) is 0 Å². The van der Waals surface area contributed by atoms with Crippen molar-refractivity contribution < 1.29 is 14.0 Å². The van der Waals surface area contributed by atoms with E-state index in [4.69, 9.17) is 36.1 Å². The highest BCUT2D eigenvalue weighted by molar-refractivity contribution is 7.80. The number of thiol groups is 3. The Kier molecular flexibility index (Phi) is 23.2. The second-order valence-corrected chi connectivity index (χ2v) is 17.9. The van der Waals surface area contributed by atoms with Crippen LogP contribution >= 0.6 is 60.0 Å². The molecule has 0 saturated heterocycles. The van der Waals surface area contributed by atoms with Crippen LogP contribution in [-0.4, -0.2) is 57.4 Å². The van der Waals surface area contributed by atoms with Gasteiger partial charge in [-0.2, -0.15) is 37.9 Å². The van der Waals surface area contributed by atoms with Crippen LogP contribution in [0.15, 0.2) is 0 Å². The smallest absolute Gasteiger partial charge is 0.331 e. The predicted octanol–water partition coefficient (Wildman–Crippen LogP) is 3.66. The molecule has 0 amide bonds. The third kappa shape index (κ3) is 42.7. The summed E-state index contributed by atoms with van der Waals surface area (Å²) in [5, 5.41) is 7.80. The van der Waals surface area contributed by atoms with Crippen LogP contribution in [0.3, 0.4) is 0 Å². The molecule has 0 atom stereocenters. The average Bonchev–Trinajstić information content (AvgIpc) is 2.32. The van der Waals surface area contributed by atoms with Crippen molar-refractivity contribution in [2.75, 3.05) is 37.1 Å². The fourth-order valence-electron chi connectivity index (χ4n) is 0.625. The third-order valence-corrected chi connectivity index (χ3v) is 3.55. The van der Waals surface area contributed by atoms with Crippen LogP contribution in [0.2, 0.25) is 26.2 Å². The number of aliphatic hydroxyl groups excluding tert-OH is 1. The minimum atomic E-state index is -1.84. The lowest BCUT2D eigenvalue weighted by Crippen LogP contribution is -2.36. The van der Waals surface area contributed by atoms with E-state index < -0.39 is 15.3 Å². The summed E-state index contributed by atoms with van der Waals surface area (Å²) >= 11 is 22.6. The number of rotatable bonds is 7. The highest BCUT2D eigenvalue weighted by Crippen LogP contribution is 2.10. The first-order valence-electron chi connectivity index (χ1n) is 6.13. The number of halogens is 2. The van der Waals surface area contributed by atoms with Gasteiger partial charge in [0.25, 0.3) is 0 Å². The van der Waals surface area contributed by atoms with Crippen molar-refractivity contribution >= 4 is 75.3 Å². The summed E-state index contributed by atoms with van der Waals surface area (Å²) in [6.07, 6.45) is 0. The first kappa shape index (κ1) is 26.8. The molecule has 0 saturated carbocycles. The van der Waals surface area contributed by atoms with Gasteiger partial charge in [-0.1, -0.05) is 0 Å². The lowest BCUT2D eigenvalue weighted by molar-refractivity contribution is 0.199. The van der Waals surface area contributed by atoms with Crippen LogP contribution in [0.25, 0.3) is 0 Å². The van der Waals surface area contributed by atoms with Crippen LogP contribution in [0, 0.1) is 0 Å². The molecular formula is C10H28Cl2O3S3Si2. The molecule has 0 bridgehead atoms. The normalized spacial score (nSPS) is 11.1. The monoisotopic (exact) mass is 418 g/mol.